The van der Waals surface area contributed by atoms with Gasteiger partial charge in [-0.05, 0) is 38.4 Å². The van der Waals surface area contributed by atoms with Crippen LogP contribution in [0.5, 0.6) is 0 Å². The lowest BCUT2D eigenvalue weighted by Crippen LogP contribution is -2.27. The maximum absolute atomic E-state index is 5.93. The van der Waals surface area contributed by atoms with Crippen LogP contribution < -0.4 is 11.1 Å². The van der Waals surface area contributed by atoms with Crippen LogP contribution in [0.1, 0.15) is 18.4 Å². The standard InChI is InChI=1S/C13H21N3/c1-10-4-3-5-12(14)13(10)15-8-9-16(2)11-6-7-11/h3-5,11,15H,6-9,14H2,1-2H3. The van der Waals surface area contributed by atoms with Gasteiger partial charge in [0.15, 0.2) is 0 Å². The fourth-order valence-electron chi connectivity index (χ4n) is 1.99. The molecule has 3 N–H and O–H groups in total. The normalized spacial score (nSPS) is 15.4. The molecule has 0 spiro atoms. The summed E-state index contributed by atoms with van der Waals surface area (Å²) >= 11 is 0. The van der Waals surface area contributed by atoms with Gasteiger partial charge in [0.2, 0.25) is 0 Å². The van der Waals surface area contributed by atoms with E-state index < -0.39 is 0 Å². The number of para-hydroxylation sites is 1. The number of hydrogen-bond donors (Lipinski definition) is 2. The number of rotatable bonds is 5. The number of likely N-dealkylation sites (N-methyl/N-ethyl adjacent to an activating group) is 1. The Kier molecular flexibility index (Phi) is 3.34. The molecule has 3 heteroatoms. The van der Waals surface area contributed by atoms with E-state index in [9.17, 15) is 0 Å². The molecule has 16 heavy (non-hydrogen) atoms. The summed E-state index contributed by atoms with van der Waals surface area (Å²) in [5.74, 6) is 0. The minimum atomic E-state index is 0.830. The van der Waals surface area contributed by atoms with E-state index in [4.69, 9.17) is 5.73 Å². The Morgan fingerprint density at radius 1 is 1.44 bits per heavy atom. The van der Waals surface area contributed by atoms with Gasteiger partial charge in [0.05, 0.1) is 11.4 Å². The topological polar surface area (TPSA) is 41.3 Å². The molecule has 0 unspecified atom stereocenters. The number of hydrogen-bond acceptors (Lipinski definition) is 3. The molecule has 0 saturated heterocycles. The van der Waals surface area contributed by atoms with E-state index in [1.807, 2.05) is 12.1 Å². The number of aryl methyl sites for hydroxylation is 1. The average Bonchev–Trinajstić information content (AvgIpc) is 3.05. The molecule has 1 aromatic rings. The lowest BCUT2D eigenvalue weighted by atomic mass is 10.1. The van der Waals surface area contributed by atoms with Crippen molar-refractivity contribution < 1.29 is 0 Å². The van der Waals surface area contributed by atoms with Crippen LogP contribution in [0, 0.1) is 6.92 Å². The largest absolute Gasteiger partial charge is 0.397 e. The third kappa shape index (κ3) is 2.67. The molecule has 0 aromatic heterocycles. The predicted molar refractivity (Wildman–Crippen MR) is 69.7 cm³/mol. The molecule has 1 fully saturated rings. The maximum atomic E-state index is 5.93. The van der Waals surface area contributed by atoms with Crippen molar-refractivity contribution in [2.75, 3.05) is 31.2 Å². The van der Waals surface area contributed by atoms with Crippen molar-refractivity contribution in [1.82, 2.24) is 4.90 Å². The van der Waals surface area contributed by atoms with Gasteiger partial charge in [0.1, 0.15) is 0 Å². The molecule has 3 nitrogen and oxygen atoms in total. The summed E-state index contributed by atoms with van der Waals surface area (Å²) in [7, 11) is 2.19. The van der Waals surface area contributed by atoms with E-state index in [1.54, 1.807) is 0 Å². The summed E-state index contributed by atoms with van der Waals surface area (Å²) in [6.07, 6.45) is 2.73. The molecule has 0 heterocycles. The molecular formula is C13H21N3. The van der Waals surface area contributed by atoms with Crippen LogP contribution in [-0.2, 0) is 0 Å². The zero-order chi connectivity index (χ0) is 11.5. The Bertz CT molecular complexity index is 338. The summed E-state index contributed by atoms with van der Waals surface area (Å²) in [6.45, 7) is 4.13. The van der Waals surface area contributed by atoms with Gasteiger partial charge in [-0.3, -0.25) is 0 Å². The highest BCUT2D eigenvalue weighted by molar-refractivity contribution is 5.69. The number of nitrogens with one attached hydrogen (secondary N) is 1. The zero-order valence-electron chi connectivity index (χ0n) is 10.2. The van der Waals surface area contributed by atoms with Gasteiger partial charge in [0, 0.05) is 19.1 Å². The van der Waals surface area contributed by atoms with Crippen molar-refractivity contribution >= 4 is 11.4 Å². The number of benzene rings is 1. The van der Waals surface area contributed by atoms with Gasteiger partial charge in [-0.25, -0.2) is 0 Å². The molecular weight excluding hydrogens is 198 g/mol. The highest BCUT2D eigenvalue weighted by Crippen LogP contribution is 2.25. The Hall–Kier alpha value is -1.22. The first-order chi connectivity index (χ1) is 7.68. The summed E-state index contributed by atoms with van der Waals surface area (Å²) in [5.41, 5.74) is 9.08. The summed E-state index contributed by atoms with van der Waals surface area (Å²) in [5, 5.41) is 3.43. The number of nitrogen functional groups attached to an aromatic ring is 1. The second-order valence-corrected chi connectivity index (χ2v) is 4.68. The molecule has 2 rings (SSSR count). The maximum Gasteiger partial charge on any atom is 0.0604 e. The van der Waals surface area contributed by atoms with Gasteiger partial charge in [-0.2, -0.15) is 0 Å². The van der Waals surface area contributed by atoms with E-state index >= 15 is 0 Å². The van der Waals surface area contributed by atoms with Crippen molar-refractivity contribution in [3.63, 3.8) is 0 Å². The monoisotopic (exact) mass is 219 g/mol. The van der Waals surface area contributed by atoms with E-state index in [0.29, 0.717) is 0 Å². The Morgan fingerprint density at radius 3 is 2.81 bits per heavy atom. The first-order valence-electron chi connectivity index (χ1n) is 5.97. The van der Waals surface area contributed by atoms with Gasteiger partial charge >= 0.3 is 0 Å². The highest BCUT2D eigenvalue weighted by atomic mass is 15.2. The van der Waals surface area contributed by atoms with Crippen molar-refractivity contribution in [2.45, 2.75) is 25.8 Å². The number of anilines is 2. The average molecular weight is 219 g/mol. The fraction of sp³-hybridized carbons (Fsp3) is 0.538. The van der Waals surface area contributed by atoms with E-state index in [2.05, 4.69) is 30.3 Å². The van der Waals surface area contributed by atoms with Crippen LogP contribution >= 0.6 is 0 Å². The first-order valence-corrected chi connectivity index (χ1v) is 5.97. The van der Waals surface area contributed by atoms with Crippen molar-refractivity contribution in [1.29, 1.82) is 0 Å². The van der Waals surface area contributed by atoms with Crippen LogP contribution in [0.3, 0.4) is 0 Å². The number of nitrogens with zero attached hydrogens (tertiary/aromatic N) is 1. The molecule has 1 aliphatic rings. The third-order valence-electron chi connectivity index (χ3n) is 3.24. The van der Waals surface area contributed by atoms with Crippen molar-refractivity contribution in [3.05, 3.63) is 23.8 Å². The van der Waals surface area contributed by atoms with Crippen LogP contribution in [0.2, 0.25) is 0 Å². The van der Waals surface area contributed by atoms with Crippen molar-refractivity contribution in [2.24, 2.45) is 0 Å². The second-order valence-electron chi connectivity index (χ2n) is 4.68. The minimum Gasteiger partial charge on any atom is -0.397 e. The van der Waals surface area contributed by atoms with Gasteiger partial charge in [0.25, 0.3) is 0 Å². The fourth-order valence-corrected chi connectivity index (χ4v) is 1.99. The van der Waals surface area contributed by atoms with Gasteiger partial charge in [-0.15, -0.1) is 0 Å². The summed E-state index contributed by atoms with van der Waals surface area (Å²) in [6, 6.07) is 6.85. The van der Waals surface area contributed by atoms with Crippen LogP contribution in [0.15, 0.2) is 18.2 Å². The van der Waals surface area contributed by atoms with E-state index in [-0.39, 0.29) is 0 Å². The molecule has 1 aromatic carbocycles. The molecule has 1 aliphatic carbocycles. The van der Waals surface area contributed by atoms with E-state index in [1.165, 1.54) is 18.4 Å². The van der Waals surface area contributed by atoms with E-state index in [0.717, 1.165) is 30.5 Å². The van der Waals surface area contributed by atoms with Crippen LogP contribution in [0.25, 0.3) is 0 Å². The molecule has 0 bridgehead atoms. The highest BCUT2D eigenvalue weighted by Gasteiger charge is 2.25. The minimum absolute atomic E-state index is 0.830. The summed E-state index contributed by atoms with van der Waals surface area (Å²) in [4.78, 5) is 2.42. The predicted octanol–water partition coefficient (Wildman–Crippen LogP) is 2.08. The van der Waals surface area contributed by atoms with Crippen LogP contribution in [-0.4, -0.2) is 31.1 Å². The quantitative estimate of drug-likeness (QED) is 0.745. The van der Waals surface area contributed by atoms with Gasteiger partial charge in [-0.1, -0.05) is 12.1 Å². The SMILES string of the molecule is Cc1cccc(N)c1NCCN(C)C1CC1. The lowest BCUT2D eigenvalue weighted by molar-refractivity contribution is 0.337. The number of nitrogens with two attached hydrogens (primary N) is 1. The third-order valence-corrected chi connectivity index (χ3v) is 3.24. The molecule has 0 amide bonds. The smallest absolute Gasteiger partial charge is 0.0604 e. The zero-order valence-corrected chi connectivity index (χ0v) is 10.2. The molecule has 1 saturated carbocycles. The molecule has 0 atom stereocenters. The lowest BCUT2D eigenvalue weighted by Gasteiger charge is -2.18. The second kappa shape index (κ2) is 4.74. The van der Waals surface area contributed by atoms with Crippen LogP contribution in [0.4, 0.5) is 11.4 Å². The van der Waals surface area contributed by atoms with Gasteiger partial charge < -0.3 is 16.0 Å². The summed E-state index contributed by atoms with van der Waals surface area (Å²) < 4.78 is 0. The molecule has 88 valence electrons. The molecule has 0 aliphatic heterocycles. The Morgan fingerprint density at radius 2 is 2.19 bits per heavy atom. The molecule has 0 radical (unpaired) electrons. The first kappa shape index (κ1) is 11.3. The Labute approximate surface area is 97.6 Å². The Balaban J connectivity index is 1.84. The van der Waals surface area contributed by atoms with Crippen molar-refractivity contribution in [3.8, 4) is 0 Å².